The lowest BCUT2D eigenvalue weighted by molar-refractivity contribution is 0.0696. The summed E-state index contributed by atoms with van der Waals surface area (Å²) in [7, 11) is 0. The number of carboxylic acids is 1. The van der Waals surface area contributed by atoms with Crippen LogP contribution in [0.1, 0.15) is 63.5 Å². The Hall–Kier alpha value is -4.66. The summed E-state index contributed by atoms with van der Waals surface area (Å²) in [5.41, 5.74) is 3.97. The summed E-state index contributed by atoms with van der Waals surface area (Å²) >= 11 is 12.7. The molecule has 10 heteroatoms. The number of carbonyl (C=O) groups is 2. The second-order valence-corrected chi connectivity index (χ2v) is 11.4. The summed E-state index contributed by atoms with van der Waals surface area (Å²) < 4.78 is 8.02. The van der Waals surface area contributed by atoms with E-state index >= 15 is 0 Å². The Kier molecular flexibility index (Phi) is 10.5. The van der Waals surface area contributed by atoms with Crippen LogP contribution in [0, 0.1) is 0 Å². The Bertz CT molecular complexity index is 1760. The average Bonchev–Trinajstić information content (AvgIpc) is 3.47. The number of amides is 1. The molecule has 2 heterocycles. The van der Waals surface area contributed by atoms with Crippen molar-refractivity contribution >= 4 is 35.1 Å². The Balaban J connectivity index is 1.40. The maximum atomic E-state index is 13.4. The normalized spacial score (nSPS) is 11.6. The van der Waals surface area contributed by atoms with E-state index in [0.717, 1.165) is 36.1 Å². The zero-order valence-electron chi connectivity index (χ0n) is 24.6. The fourth-order valence-corrected chi connectivity index (χ4v) is 5.36. The van der Waals surface area contributed by atoms with Crippen LogP contribution in [0.4, 0.5) is 0 Å². The van der Waals surface area contributed by atoms with Crippen LogP contribution in [0.5, 0.6) is 5.75 Å². The van der Waals surface area contributed by atoms with Gasteiger partial charge in [0.2, 0.25) is 0 Å². The van der Waals surface area contributed by atoms with Gasteiger partial charge in [0.05, 0.1) is 27.9 Å². The molecule has 230 valence electrons. The number of unbranched alkanes of at least 4 members (excludes halogenated alkanes) is 1. The first kappa shape index (κ1) is 31.8. The smallest absolute Gasteiger partial charge is 0.335 e. The molecule has 0 bridgehead atoms. The van der Waals surface area contributed by atoms with Crippen molar-refractivity contribution in [1.82, 2.24) is 19.9 Å². The molecule has 5 aromatic rings. The van der Waals surface area contributed by atoms with Gasteiger partial charge in [-0.25, -0.2) is 9.78 Å². The number of nitrogens with zero attached hydrogens (tertiary/aromatic N) is 3. The van der Waals surface area contributed by atoms with Crippen LogP contribution < -0.4 is 10.1 Å². The van der Waals surface area contributed by atoms with Gasteiger partial charge in [-0.1, -0.05) is 60.8 Å². The van der Waals surface area contributed by atoms with Gasteiger partial charge in [-0.2, -0.15) is 0 Å². The van der Waals surface area contributed by atoms with Crippen LogP contribution in [0.3, 0.4) is 0 Å². The van der Waals surface area contributed by atoms with E-state index in [1.54, 1.807) is 54.7 Å². The lowest BCUT2D eigenvalue weighted by Crippen LogP contribution is -2.32. The molecule has 2 N–H and O–H groups in total. The highest BCUT2D eigenvalue weighted by Gasteiger charge is 2.24. The quantitative estimate of drug-likeness (QED) is 0.135. The third-order valence-corrected chi connectivity index (χ3v) is 7.83. The van der Waals surface area contributed by atoms with Crippen LogP contribution in [0.2, 0.25) is 10.0 Å². The number of rotatable bonds is 13. The molecule has 1 atom stereocenters. The molecule has 45 heavy (non-hydrogen) atoms. The van der Waals surface area contributed by atoms with Gasteiger partial charge in [-0.05, 0) is 78.6 Å². The maximum Gasteiger partial charge on any atom is 0.335 e. The fraction of sp³-hybridized carbons (Fsp3) is 0.200. The van der Waals surface area contributed by atoms with E-state index in [1.807, 2.05) is 36.5 Å². The van der Waals surface area contributed by atoms with Gasteiger partial charge in [-0.3, -0.25) is 9.78 Å². The number of aromatic carboxylic acids is 1. The number of hydrogen-bond acceptors (Lipinski definition) is 5. The molecule has 1 amide bonds. The second kappa shape index (κ2) is 14.9. The zero-order chi connectivity index (χ0) is 31.8. The molecule has 0 aliphatic carbocycles. The molecule has 0 fully saturated rings. The lowest BCUT2D eigenvalue weighted by atomic mass is 10.0. The molecule has 0 radical (unpaired) electrons. The van der Waals surface area contributed by atoms with Gasteiger partial charge in [0.25, 0.3) is 5.91 Å². The highest BCUT2D eigenvalue weighted by Crippen LogP contribution is 2.32. The number of ether oxygens (including phenoxy) is 1. The minimum absolute atomic E-state index is 0.229. The van der Waals surface area contributed by atoms with Gasteiger partial charge < -0.3 is 19.7 Å². The van der Waals surface area contributed by atoms with Crippen molar-refractivity contribution in [2.24, 2.45) is 0 Å². The van der Waals surface area contributed by atoms with Crippen LogP contribution >= 0.6 is 23.2 Å². The van der Waals surface area contributed by atoms with E-state index in [1.165, 1.54) is 6.20 Å². The largest absolute Gasteiger partial charge is 0.489 e. The summed E-state index contributed by atoms with van der Waals surface area (Å²) in [4.78, 5) is 33.6. The maximum absolute atomic E-state index is 13.4. The molecular weight excluding hydrogens is 611 g/mol. The lowest BCUT2D eigenvalue weighted by Gasteiger charge is -2.20. The Morgan fingerprint density at radius 1 is 0.978 bits per heavy atom. The van der Waals surface area contributed by atoms with Gasteiger partial charge >= 0.3 is 5.97 Å². The molecule has 3 aromatic carbocycles. The molecule has 5 rings (SSSR count). The minimum Gasteiger partial charge on any atom is -0.489 e. The summed E-state index contributed by atoms with van der Waals surface area (Å²) in [6.45, 7) is 3.15. The highest BCUT2D eigenvalue weighted by atomic mass is 35.5. The third-order valence-electron chi connectivity index (χ3n) is 7.28. The molecule has 0 saturated heterocycles. The molecule has 0 unspecified atom stereocenters. The summed E-state index contributed by atoms with van der Waals surface area (Å²) in [5.74, 6) is 0.164. The standard InChI is InChI=1S/C35H32Cl2N4O4/c1-2-3-17-41-21-32(29-15-12-27(36)19-30(29)37)39-33(41)31(40-34(42)26-5-4-16-38-20-26)18-23-8-13-28(14-9-23)45-22-24-6-10-25(11-7-24)35(43)44/h4-16,19-21,31H,2-3,17-18,22H2,1H3,(H,40,42)(H,43,44)/t31-/m0/s1. The number of aryl methyl sites for hydroxylation is 1. The molecule has 0 aliphatic heterocycles. The highest BCUT2D eigenvalue weighted by molar-refractivity contribution is 6.36. The first-order chi connectivity index (χ1) is 21.8. The Morgan fingerprint density at radius 2 is 1.73 bits per heavy atom. The van der Waals surface area contributed by atoms with Crippen LogP contribution in [-0.2, 0) is 19.6 Å². The Morgan fingerprint density at radius 3 is 2.40 bits per heavy atom. The van der Waals surface area contributed by atoms with E-state index < -0.39 is 12.0 Å². The van der Waals surface area contributed by atoms with Crippen molar-refractivity contribution in [3.63, 3.8) is 0 Å². The summed E-state index contributed by atoms with van der Waals surface area (Å²) in [6, 6.07) is 22.6. The first-order valence-corrected chi connectivity index (χ1v) is 15.3. The average molecular weight is 644 g/mol. The Labute approximate surface area is 271 Å². The number of hydrogen-bond donors (Lipinski definition) is 2. The molecule has 2 aromatic heterocycles. The number of nitrogens with one attached hydrogen (secondary N) is 1. The fourth-order valence-electron chi connectivity index (χ4n) is 4.86. The van der Waals surface area contributed by atoms with E-state index in [9.17, 15) is 9.59 Å². The van der Waals surface area contributed by atoms with E-state index in [-0.39, 0.29) is 11.5 Å². The molecule has 0 spiro atoms. The topological polar surface area (TPSA) is 106 Å². The van der Waals surface area contributed by atoms with E-state index in [2.05, 4.69) is 21.8 Å². The van der Waals surface area contributed by atoms with E-state index in [0.29, 0.717) is 45.9 Å². The van der Waals surface area contributed by atoms with Gasteiger partial charge in [0.15, 0.2) is 0 Å². The van der Waals surface area contributed by atoms with Crippen molar-refractivity contribution < 1.29 is 19.4 Å². The SMILES string of the molecule is CCCCn1cc(-c2ccc(Cl)cc2Cl)nc1[C@H](Cc1ccc(OCc2ccc(C(=O)O)cc2)cc1)NC(=O)c1cccnc1. The van der Waals surface area contributed by atoms with Crippen molar-refractivity contribution in [3.8, 4) is 17.0 Å². The first-order valence-electron chi connectivity index (χ1n) is 14.6. The second-order valence-electron chi connectivity index (χ2n) is 10.6. The number of carbonyl (C=O) groups excluding carboxylic acids is 1. The predicted octanol–water partition coefficient (Wildman–Crippen LogP) is 8.04. The number of halogens is 2. The zero-order valence-corrected chi connectivity index (χ0v) is 26.1. The molecular formula is C35H32Cl2N4O4. The number of carboxylic acid groups (broad SMARTS) is 1. The predicted molar refractivity (Wildman–Crippen MR) is 175 cm³/mol. The van der Waals surface area contributed by atoms with Crippen LogP contribution in [-0.4, -0.2) is 31.5 Å². The number of imidazole rings is 1. The monoisotopic (exact) mass is 642 g/mol. The van der Waals surface area contributed by atoms with Crippen LogP contribution in [0.15, 0.2) is 97.5 Å². The summed E-state index contributed by atoms with van der Waals surface area (Å²) in [6.07, 6.45) is 7.54. The van der Waals surface area contributed by atoms with Gasteiger partial charge in [0.1, 0.15) is 18.2 Å². The minimum atomic E-state index is -0.967. The molecule has 0 aliphatic rings. The number of pyridine rings is 1. The number of aromatic nitrogens is 3. The van der Waals surface area contributed by atoms with Gasteiger partial charge in [0, 0.05) is 35.7 Å². The molecule has 0 saturated carbocycles. The van der Waals surface area contributed by atoms with E-state index in [4.69, 9.17) is 38.0 Å². The third kappa shape index (κ3) is 8.29. The molecule has 8 nitrogen and oxygen atoms in total. The van der Waals surface area contributed by atoms with Crippen molar-refractivity contribution in [3.05, 3.63) is 136 Å². The van der Waals surface area contributed by atoms with Crippen molar-refractivity contribution in [2.45, 2.75) is 45.4 Å². The van der Waals surface area contributed by atoms with Crippen LogP contribution in [0.25, 0.3) is 11.3 Å². The number of benzene rings is 3. The van der Waals surface area contributed by atoms with Crippen molar-refractivity contribution in [1.29, 1.82) is 0 Å². The van der Waals surface area contributed by atoms with Crippen molar-refractivity contribution in [2.75, 3.05) is 0 Å². The van der Waals surface area contributed by atoms with Gasteiger partial charge in [-0.15, -0.1) is 0 Å². The summed E-state index contributed by atoms with van der Waals surface area (Å²) in [5, 5.41) is 13.3.